The number of hydrogen-bond acceptors (Lipinski definition) is 6. The summed E-state index contributed by atoms with van der Waals surface area (Å²) in [5, 5.41) is 7.31. The standard InChI is InChI=1S/C24H27N3O5/c1-4-32-20-9-6-5-8-19(20)25-23(28)10-7-15-27-24(29)14-12-18(26-27)17-11-13-21(30-2)22(16-17)31-3/h5-6,8-9,11-14,16H,4,7,10,15H2,1-3H3,(H,25,28). The van der Waals surface area contributed by atoms with E-state index >= 15 is 0 Å². The number of anilines is 1. The molecule has 0 fully saturated rings. The Bertz CT molecular complexity index is 1130. The molecule has 0 atom stereocenters. The summed E-state index contributed by atoms with van der Waals surface area (Å²) in [6, 6.07) is 15.9. The predicted molar refractivity (Wildman–Crippen MR) is 123 cm³/mol. The maximum absolute atomic E-state index is 12.4. The zero-order valence-electron chi connectivity index (χ0n) is 18.5. The lowest BCUT2D eigenvalue weighted by atomic mass is 10.1. The summed E-state index contributed by atoms with van der Waals surface area (Å²) in [6.45, 7) is 2.72. The number of nitrogens with zero attached hydrogens (tertiary/aromatic N) is 2. The van der Waals surface area contributed by atoms with Crippen LogP contribution in [0.3, 0.4) is 0 Å². The Morgan fingerprint density at radius 1 is 1.00 bits per heavy atom. The van der Waals surface area contributed by atoms with Gasteiger partial charge in [-0.2, -0.15) is 5.10 Å². The molecule has 0 radical (unpaired) electrons. The van der Waals surface area contributed by atoms with Crippen LogP contribution in [0.25, 0.3) is 11.3 Å². The van der Waals surface area contributed by atoms with Gasteiger partial charge in [0.2, 0.25) is 5.91 Å². The van der Waals surface area contributed by atoms with Gasteiger partial charge in [-0.3, -0.25) is 9.59 Å². The minimum Gasteiger partial charge on any atom is -0.493 e. The third kappa shape index (κ3) is 5.66. The van der Waals surface area contributed by atoms with Crippen molar-refractivity contribution in [1.82, 2.24) is 9.78 Å². The Labute approximate surface area is 186 Å². The number of carbonyl (C=O) groups excluding carboxylic acids is 1. The summed E-state index contributed by atoms with van der Waals surface area (Å²) in [5.74, 6) is 1.67. The van der Waals surface area contributed by atoms with Crippen LogP contribution in [0.2, 0.25) is 0 Å². The minimum atomic E-state index is -0.226. The lowest BCUT2D eigenvalue weighted by Gasteiger charge is -2.12. The van der Waals surface area contributed by atoms with Crippen molar-refractivity contribution >= 4 is 11.6 Å². The Morgan fingerprint density at radius 3 is 2.53 bits per heavy atom. The van der Waals surface area contributed by atoms with Crippen molar-refractivity contribution in [2.75, 3.05) is 26.1 Å². The molecule has 1 aromatic heterocycles. The van der Waals surface area contributed by atoms with Gasteiger partial charge in [0.05, 0.1) is 32.2 Å². The fourth-order valence-corrected chi connectivity index (χ4v) is 3.21. The number of hydrogen-bond donors (Lipinski definition) is 1. The molecule has 8 heteroatoms. The van der Waals surface area contributed by atoms with Gasteiger partial charge in [0, 0.05) is 24.6 Å². The van der Waals surface area contributed by atoms with Crippen molar-refractivity contribution in [3.05, 3.63) is 65.0 Å². The van der Waals surface area contributed by atoms with E-state index in [0.717, 1.165) is 5.56 Å². The quantitative estimate of drug-likeness (QED) is 0.519. The number of aryl methyl sites for hydroxylation is 1. The first-order chi connectivity index (χ1) is 15.5. The van der Waals surface area contributed by atoms with E-state index in [1.165, 1.54) is 10.7 Å². The smallest absolute Gasteiger partial charge is 0.266 e. The molecule has 2 aromatic carbocycles. The highest BCUT2D eigenvalue weighted by atomic mass is 16.5. The first kappa shape index (κ1) is 22.9. The van der Waals surface area contributed by atoms with Gasteiger partial charge in [0.15, 0.2) is 11.5 Å². The van der Waals surface area contributed by atoms with Crippen LogP contribution in [0.5, 0.6) is 17.2 Å². The number of amides is 1. The van der Waals surface area contributed by atoms with Gasteiger partial charge in [-0.15, -0.1) is 0 Å². The molecule has 0 saturated carbocycles. The second kappa shape index (κ2) is 11.0. The van der Waals surface area contributed by atoms with Crippen molar-refractivity contribution in [2.45, 2.75) is 26.3 Å². The molecular weight excluding hydrogens is 410 g/mol. The predicted octanol–water partition coefficient (Wildman–Crippen LogP) is 3.75. The van der Waals surface area contributed by atoms with Crippen LogP contribution in [-0.2, 0) is 11.3 Å². The summed E-state index contributed by atoms with van der Waals surface area (Å²) in [4.78, 5) is 24.6. The Kier molecular flexibility index (Phi) is 7.85. The molecule has 0 bridgehead atoms. The summed E-state index contributed by atoms with van der Waals surface area (Å²) in [7, 11) is 3.13. The van der Waals surface area contributed by atoms with Crippen LogP contribution < -0.4 is 25.1 Å². The molecule has 0 aliphatic rings. The fraction of sp³-hybridized carbons (Fsp3) is 0.292. The van der Waals surface area contributed by atoms with Crippen molar-refractivity contribution in [3.8, 4) is 28.5 Å². The highest BCUT2D eigenvalue weighted by molar-refractivity contribution is 5.92. The first-order valence-electron chi connectivity index (χ1n) is 10.4. The van der Waals surface area contributed by atoms with E-state index in [9.17, 15) is 9.59 Å². The molecule has 168 valence electrons. The van der Waals surface area contributed by atoms with Crippen molar-refractivity contribution < 1.29 is 19.0 Å². The number of ether oxygens (including phenoxy) is 3. The number of methoxy groups -OCH3 is 2. The summed E-state index contributed by atoms with van der Waals surface area (Å²) in [6.07, 6.45) is 0.708. The van der Waals surface area contributed by atoms with Crippen LogP contribution in [0, 0.1) is 0 Å². The first-order valence-corrected chi connectivity index (χ1v) is 10.4. The second-order valence-electron chi connectivity index (χ2n) is 6.93. The van der Waals surface area contributed by atoms with E-state index in [-0.39, 0.29) is 17.9 Å². The topological polar surface area (TPSA) is 91.7 Å². The SMILES string of the molecule is CCOc1ccccc1NC(=O)CCCn1nc(-c2ccc(OC)c(OC)c2)ccc1=O. The van der Waals surface area contributed by atoms with E-state index < -0.39 is 0 Å². The van der Waals surface area contributed by atoms with Crippen molar-refractivity contribution in [3.63, 3.8) is 0 Å². The molecule has 0 unspecified atom stereocenters. The largest absolute Gasteiger partial charge is 0.493 e. The van der Waals surface area contributed by atoms with Crippen LogP contribution in [0.15, 0.2) is 59.4 Å². The molecule has 1 amide bonds. The molecule has 3 rings (SSSR count). The molecule has 1 heterocycles. The Morgan fingerprint density at radius 2 is 1.78 bits per heavy atom. The zero-order valence-corrected chi connectivity index (χ0v) is 18.5. The molecule has 0 saturated heterocycles. The van der Waals surface area contributed by atoms with Gasteiger partial charge in [-0.25, -0.2) is 4.68 Å². The van der Waals surface area contributed by atoms with Gasteiger partial charge in [0.1, 0.15) is 5.75 Å². The van der Waals surface area contributed by atoms with E-state index in [1.54, 1.807) is 38.5 Å². The molecule has 0 aliphatic heterocycles. The van der Waals surface area contributed by atoms with Gasteiger partial charge in [-0.1, -0.05) is 12.1 Å². The van der Waals surface area contributed by atoms with E-state index in [2.05, 4.69) is 10.4 Å². The monoisotopic (exact) mass is 437 g/mol. The molecule has 8 nitrogen and oxygen atoms in total. The average molecular weight is 437 g/mol. The number of nitrogens with one attached hydrogen (secondary N) is 1. The Balaban J connectivity index is 1.65. The third-order valence-electron chi connectivity index (χ3n) is 4.78. The van der Waals surface area contributed by atoms with Crippen LogP contribution in [0.1, 0.15) is 19.8 Å². The normalized spacial score (nSPS) is 10.5. The minimum absolute atomic E-state index is 0.152. The zero-order chi connectivity index (χ0) is 22.9. The van der Waals surface area contributed by atoms with Gasteiger partial charge in [-0.05, 0) is 49.7 Å². The number of benzene rings is 2. The third-order valence-corrected chi connectivity index (χ3v) is 4.78. The summed E-state index contributed by atoms with van der Waals surface area (Å²) >= 11 is 0. The number of aromatic nitrogens is 2. The summed E-state index contributed by atoms with van der Waals surface area (Å²) < 4.78 is 17.5. The number of rotatable bonds is 10. The molecule has 3 aromatic rings. The highest BCUT2D eigenvalue weighted by Crippen LogP contribution is 2.31. The summed E-state index contributed by atoms with van der Waals surface area (Å²) in [5.41, 5.74) is 1.82. The van der Waals surface area contributed by atoms with Gasteiger partial charge >= 0.3 is 0 Å². The Hall–Kier alpha value is -3.81. The number of carbonyl (C=O) groups is 1. The lowest BCUT2D eigenvalue weighted by molar-refractivity contribution is -0.116. The van der Waals surface area contributed by atoms with Gasteiger partial charge < -0.3 is 19.5 Å². The van der Waals surface area contributed by atoms with Crippen molar-refractivity contribution in [2.24, 2.45) is 0 Å². The molecule has 0 aliphatic carbocycles. The molecule has 32 heavy (non-hydrogen) atoms. The van der Waals surface area contributed by atoms with E-state index in [4.69, 9.17) is 14.2 Å². The second-order valence-corrected chi connectivity index (χ2v) is 6.93. The maximum atomic E-state index is 12.4. The number of para-hydroxylation sites is 2. The maximum Gasteiger partial charge on any atom is 0.266 e. The lowest BCUT2D eigenvalue weighted by Crippen LogP contribution is -2.23. The van der Waals surface area contributed by atoms with E-state index in [0.29, 0.717) is 48.2 Å². The van der Waals surface area contributed by atoms with Crippen LogP contribution in [0.4, 0.5) is 5.69 Å². The van der Waals surface area contributed by atoms with Crippen LogP contribution in [-0.4, -0.2) is 36.5 Å². The van der Waals surface area contributed by atoms with Gasteiger partial charge in [0.25, 0.3) is 5.56 Å². The fourth-order valence-electron chi connectivity index (χ4n) is 3.21. The van der Waals surface area contributed by atoms with E-state index in [1.807, 2.05) is 31.2 Å². The van der Waals surface area contributed by atoms with Crippen molar-refractivity contribution in [1.29, 1.82) is 0 Å². The molecular formula is C24H27N3O5. The highest BCUT2D eigenvalue weighted by Gasteiger charge is 2.10. The molecule has 0 spiro atoms. The van der Waals surface area contributed by atoms with Crippen LogP contribution >= 0.6 is 0 Å². The molecule has 1 N–H and O–H groups in total. The average Bonchev–Trinajstić information content (AvgIpc) is 2.81.